The minimum Gasteiger partial charge on any atom is -0.277 e. The van der Waals surface area contributed by atoms with E-state index in [2.05, 4.69) is 25.8 Å². The van der Waals surface area contributed by atoms with Crippen molar-refractivity contribution in [3.05, 3.63) is 58.2 Å². The maximum atomic E-state index is 11.6. The molecule has 0 saturated heterocycles. The Morgan fingerprint density at radius 1 is 0.818 bits per heavy atom. The monoisotopic (exact) mass is 460 g/mol. The molecule has 1 fully saturated rings. The molecule has 3 rings (SSSR count). The molecule has 8 nitrogen and oxygen atoms in total. The van der Waals surface area contributed by atoms with Gasteiger partial charge in [0, 0.05) is 11.4 Å². The Morgan fingerprint density at radius 2 is 1.24 bits per heavy atom. The number of hydrogen-bond acceptors (Lipinski definition) is 6. The van der Waals surface area contributed by atoms with E-state index in [9.17, 15) is 9.59 Å². The molecule has 0 aromatic carbocycles. The lowest BCUT2D eigenvalue weighted by molar-refractivity contribution is 0.0266. The number of aryl methyl sites for hydroxylation is 4. The predicted octanol–water partition coefficient (Wildman–Crippen LogP) is 4.81. The van der Waals surface area contributed by atoms with Crippen LogP contribution in [0.15, 0.2) is 24.3 Å². The van der Waals surface area contributed by atoms with Crippen LogP contribution in [0.5, 0.6) is 0 Å². The molecule has 0 radical (unpaired) electrons. The SMILES string of the molecule is CC.CC.CONC(=O)c1ccc(C)c(C)n1.Cc1ccc(C(=O)NOCC2CC2)nc1C. The number of rotatable bonds is 6. The summed E-state index contributed by atoms with van der Waals surface area (Å²) in [6, 6.07) is 7.11. The number of pyridine rings is 2. The molecule has 0 atom stereocenters. The largest absolute Gasteiger partial charge is 0.293 e. The molecule has 184 valence electrons. The molecule has 1 saturated carbocycles. The zero-order chi connectivity index (χ0) is 25.4. The maximum Gasteiger partial charge on any atom is 0.293 e. The number of nitrogens with one attached hydrogen (secondary N) is 2. The van der Waals surface area contributed by atoms with Gasteiger partial charge in [-0.3, -0.25) is 19.3 Å². The second-order valence-electron chi connectivity index (χ2n) is 7.02. The van der Waals surface area contributed by atoms with Crippen molar-refractivity contribution >= 4 is 11.8 Å². The van der Waals surface area contributed by atoms with E-state index >= 15 is 0 Å². The van der Waals surface area contributed by atoms with Gasteiger partial charge in [-0.25, -0.2) is 20.9 Å². The molecule has 1 aliphatic rings. The first kappa shape index (κ1) is 30.2. The van der Waals surface area contributed by atoms with Gasteiger partial charge >= 0.3 is 0 Å². The molecule has 2 aromatic heterocycles. The van der Waals surface area contributed by atoms with E-state index in [0.29, 0.717) is 23.9 Å². The molecule has 2 N–H and O–H groups in total. The minimum absolute atomic E-state index is 0.274. The van der Waals surface area contributed by atoms with Crippen molar-refractivity contribution < 1.29 is 19.3 Å². The van der Waals surface area contributed by atoms with Gasteiger partial charge in [-0.2, -0.15) is 0 Å². The Bertz CT molecular complexity index is 867. The van der Waals surface area contributed by atoms with Crippen LogP contribution in [0.2, 0.25) is 0 Å². The normalized spacial score (nSPS) is 11.4. The van der Waals surface area contributed by atoms with Crippen molar-refractivity contribution in [2.45, 2.75) is 68.2 Å². The number of aromatic nitrogens is 2. The minimum atomic E-state index is -0.328. The van der Waals surface area contributed by atoms with E-state index < -0.39 is 0 Å². The van der Waals surface area contributed by atoms with Gasteiger partial charge in [0.2, 0.25) is 0 Å². The van der Waals surface area contributed by atoms with E-state index in [-0.39, 0.29) is 11.8 Å². The topological polar surface area (TPSA) is 102 Å². The molecule has 8 heteroatoms. The van der Waals surface area contributed by atoms with Crippen LogP contribution in [-0.4, -0.2) is 35.5 Å². The van der Waals surface area contributed by atoms with E-state index in [0.717, 1.165) is 22.5 Å². The van der Waals surface area contributed by atoms with Gasteiger partial charge in [0.25, 0.3) is 11.8 Å². The van der Waals surface area contributed by atoms with E-state index in [1.54, 1.807) is 12.1 Å². The van der Waals surface area contributed by atoms with E-state index in [4.69, 9.17) is 4.84 Å². The van der Waals surface area contributed by atoms with Crippen molar-refractivity contribution in [2.75, 3.05) is 13.7 Å². The van der Waals surface area contributed by atoms with E-state index in [1.165, 1.54) is 20.0 Å². The molecular weight excluding hydrogens is 420 g/mol. The fourth-order valence-electron chi connectivity index (χ4n) is 2.22. The Morgan fingerprint density at radius 3 is 1.61 bits per heavy atom. The summed E-state index contributed by atoms with van der Waals surface area (Å²) in [6.07, 6.45) is 2.41. The highest BCUT2D eigenvalue weighted by atomic mass is 16.7. The Balaban J connectivity index is 0.000000549. The highest BCUT2D eigenvalue weighted by Crippen LogP contribution is 2.28. The maximum absolute atomic E-state index is 11.6. The van der Waals surface area contributed by atoms with Gasteiger partial charge in [-0.15, -0.1) is 0 Å². The number of hydroxylamine groups is 2. The van der Waals surface area contributed by atoms with Crippen molar-refractivity contribution in [3.63, 3.8) is 0 Å². The van der Waals surface area contributed by atoms with Crippen molar-refractivity contribution in [1.29, 1.82) is 0 Å². The van der Waals surface area contributed by atoms with Crippen LogP contribution in [-0.2, 0) is 9.68 Å². The third-order valence-corrected chi connectivity index (χ3v) is 4.54. The first-order valence-corrected chi connectivity index (χ1v) is 11.5. The summed E-state index contributed by atoms with van der Waals surface area (Å²) in [5.41, 5.74) is 9.25. The van der Waals surface area contributed by atoms with Crippen LogP contribution in [0.1, 0.15) is 84.0 Å². The summed E-state index contributed by atoms with van der Waals surface area (Å²) >= 11 is 0. The number of amides is 2. The third kappa shape index (κ3) is 11.5. The van der Waals surface area contributed by atoms with Crippen LogP contribution in [0.4, 0.5) is 0 Å². The fraction of sp³-hybridized carbons (Fsp3) is 0.520. The van der Waals surface area contributed by atoms with Crippen LogP contribution in [0, 0.1) is 33.6 Å². The van der Waals surface area contributed by atoms with Crippen LogP contribution < -0.4 is 11.0 Å². The van der Waals surface area contributed by atoms with Gasteiger partial charge in [-0.05, 0) is 69.7 Å². The second kappa shape index (κ2) is 16.7. The molecule has 2 heterocycles. The van der Waals surface area contributed by atoms with Gasteiger partial charge in [0.05, 0.1) is 13.7 Å². The zero-order valence-corrected chi connectivity index (χ0v) is 21.5. The van der Waals surface area contributed by atoms with Gasteiger partial charge in [0.1, 0.15) is 11.4 Å². The molecule has 2 aromatic rings. The number of carbonyl (C=O) groups excluding carboxylic acids is 2. The molecule has 33 heavy (non-hydrogen) atoms. The molecule has 0 aliphatic heterocycles. The summed E-state index contributed by atoms with van der Waals surface area (Å²) in [6.45, 7) is 16.3. The van der Waals surface area contributed by atoms with E-state index in [1.807, 2.05) is 67.5 Å². The molecule has 1 aliphatic carbocycles. The van der Waals surface area contributed by atoms with Crippen molar-refractivity contribution in [3.8, 4) is 0 Å². The summed E-state index contributed by atoms with van der Waals surface area (Å²) in [7, 11) is 1.39. The van der Waals surface area contributed by atoms with Gasteiger partial charge < -0.3 is 0 Å². The summed E-state index contributed by atoms with van der Waals surface area (Å²) in [5, 5.41) is 0. The Hall–Kier alpha value is -2.84. The molecule has 0 bridgehead atoms. The lowest BCUT2D eigenvalue weighted by Gasteiger charge is -2.06. The number of nitrogens with zero attached hydrogens (tertiary/aromatic N) is 2. The third-order valence-electron chi connectivity index (χ3n) is 4.54. The first-order chi connectivity index (χ1) is 15.8. The zero-order valence-electron chi connectivity index (χ0n) is 21.5. The van der Waals surface area contributed by atoms with Gasteiger partial charge in [0.15, 0.2) is 0 Å². The Kier molecular flexibility index (Phi) is 15.3. The summed E-state index contributed by atoms with van der Waals surface area (Å²) < 4.78 is 0. The van der Waals surface area contributed by atoms with Crippen LogP contribution in [0.25, 0.3) is 0 Å². The first-order valence-electron chi connectivity index (χ1n) is 11.5. The number of carbonyl (C=O) groups is 2. The highest BCUT2D eigenvalue weighted by Gasteiger charge is 2.22. The lowest BCUT2D eigenvalue weighted by Crippen LogP contribution is -2.25. The second-order valence-corrected chi connectivity index (χ2v) is 7.02. The Labute approximate surface area is 198 Å². The molecule has 0 unspecified atom stereocenters. The highest BCUT2D eigenvalue weighted by molar-refractivity contribution is 5.91. The summed E-state index contributed by atoms with van der Waals surface area (Å²) in [4.78, 5) is 40.7. The average Bonchev–Trinajstić information content (AvgIpc) is 3.65. The molecular formula is C25H40N4O4. The van der Waals surface area contributed by atoms with Crippen LogP contribution in [0.3, 0.4) is 0 Å². The average molecular weight is 461 g/mol. The summed E-state index contributed by atoms with van der Waals surface area (Å²) in [5.74, 6) is 0.0300. The quantitative estimate of drug-likeness (QED) is 0.600. The standard InChI is InChI=1S/C12H16N2O2.C9H12N2O2.2C2H6/c1-8-3-6-11(13-9(8)2)12(15)14-16-7-10-4-5-10;1-6-4-5-8(10-7(6)2)9(12)11-13-3;2*1-2/h3,6,10H,4-5,7H2,1-2H3,(H,14,15);4-5H,1-3H3,(H,11,12);2*1-2H3. The smallest absolute Gasteiger partial charge is 0.277 e. The fourth-order valence-corrected chi connectivity index (χ4v) is 2.22. The van der Waals surface area contributed by atoms with Crippen molar-refractivity contribution in [1.82, 2.24) is 20.9 Å². The van der Waals surface area contributed by atoms with Crippen molar-refractivity contribution in [2.24, 2.45) is 5.92 Å². The predicted molar refractivity (Wildman–Crippen MR) is 131 cm³/mol. The molecule has 0 spiro atoms. The number of hydrogen-bond donors (Lipinski definition) is 2. The van der Waals surface area contributed by atoms with Gasteiger partial charge in [-0.1, -0.05) is 39.8 Å². The lowest BCUT2D eigenvalue weighted by atomic mass is 10.2. The molecule has 2 amide bonds. The van der Waals surface area contributed by atoms with Crippen LogP contribution >= 0.6 is 0 Å².